The van der Waals surface area contributed by atoms with Gasteiger partial charge in [0.25, 0.3) is 0 Å². The Morgan fingerprint density at radius 2 is 2.28 bits per heavy atom. The van der Waals surface area contributed by atoms with Gasteiger partial charge in [0.05, 0.1) is 0 Å². The predicted octanol–water partition coefficient (Wildman–Crippen LogP) is 2.47. The van der Waals surface area contributed by atoms with E-state index in [9.17, 15) is 0 Å². The van der Waals surface area contributed by atoms with Crippen LogP contribution in [0.1, 0.15) is 26.2 Å². The van der Waals surface area contributed by atoms with Crippen molar-refractivity contribution in [3.05, 3.63) is 24.3 Å². The normalized spacial score (nSPS) is 23.2. The van der Waals surface area contributed by atoms with Crippen molar-refractivity contribution < 1.29 is 0 Å². The molecule has 18 heavy (non-hydrogen) atoms. The van der Waals surface area contributed by atoms with Gasteiger partial charge < -0.3 is 5.32 Å². The van der Waals surface area contributed by atoms with Gasteiger partial charge in [-0.2, -0.15) is 5.21 Å². The highest BCUT2D eigenvalue weighted by molar-refractivity contribution is 5.62. The molecule has 5 heteroatoms. The summed E-state index contributed by atoms with van der Waals surface area (Å²) in [5.41, 5.74) is 2.12. The molecule has 1 aromatic heterocycles. The number of hydrogen-bond acceptors (Lipinski definition) is 4. The Bertz CT molecular complexity index is 508. The molecule has 2 N–H and O–H groups in total. The van der Waals surface area contributed by atoms with Crippen molar-refractivity contribution in [1.82, 2.24) is 20.6 Å². The number of benzene rings is 1. The van der Waals surface area contributed by atoms with Gasteiger partial charge in [-0.1, -0.05) is 25.5 Å². The Hall–Kier alpha value is -1.91. The molecule has 0 aliphatic heterocycles. The van der Waals surface area contributed by atoms with Gasteiger partial charge in [0, 0.05) is 17.3 Å². The second-order valence-electron chi connectivity index (χ2n) is 4.98. The van der Waals surface area contributed by atoms with Crippen LogP contribution in [0.2, 0.25) is 0 Å². The van der Waals surface area contributed by atoms with E-state index in [1.165, 1.54) is 19.3 Å². The highest BCUT2D eigenvalue weighted by Crippen LogP contribution is 2.28. The molecule has 1 heterocycles. The van der Waals surface area contributed by atoms with Gasteiger partial charge in [-0.15, -0.1) is 10.2 Å². The van der Waals surface area contributed by atoms with Gasteiger partial charge in [-0.25, -0.2) is 0 Å². The second-order valence-corrected chi connectivity index (χ2v) is 4.98. The SMILES string of the molecule is CC1CCCC1Nc1cccc(-c2nn[nH]n2)c1. The number of tetrazole rings is 1. The molecule has 3 rings (SSSR count). The van der Waals surface area contributed by atoms with Gasteiger partial charge >= 0.3 is 0 Å². The first-order valence-corrected chi connectivity index (χ1v) is 6.43. The molecule has 0 amide bonds. The lowest BCUT2D eigenvalue weighted by Crippen LogP contribution is -2.21. The van der Waals surface area contributed by atoms with Crippen LogP contribution in [0.15, 0.2) is 24.3 Å². The Labute approximate surface area is 106 Å². The number of nitrogens with one attached hydrogen (secondary N) is 2. The quantitative estimate of drug-likeness (QED) is 0.869. The number of aromatic amines is 1. The fraction of sp³-hybridized carbons (Fsp3) is 0.462. The van der Waals surface area contributed by atoms with Crippen LogP contribution in [0.4, 0.5) is 5.69 Å². The monoisotopic (exact) mass is 243 g/mol. The molecule has 0 spiro atoms. The van der Waals surface area contributed by atoms with Gasteiger partial charge in [0.1, 0.15) is 0 Å². The summed E-state index contributed by atoms with van der Waals surface area (Å²) in [6.07, 6.45) is 3.90. The van der Waals surface area contributed by atoms with E-state index < -0.39 is 0 Å². The highest BCUT2D eigenvalue weighted by Gasteiger charge is 2.22. The first-order valence-electron chi connectivity index (χ1n) is 6.43. The number of rotatable bonds is 3. The maximum absolute atomic E-state index is 4.00. The van der Waals surface area contributed by atoms with Crippen LogP contribution in [0, 0.1) is 5.92 Å². The Morgan fingerprint density at radius 1 is 1.33 bits per heavy atom. The molecule has 1 aromatic carbocycles. The van der Waals surface area contributed by atoms with Crippen LogP contribution in [-0.2, 0) is 0 Å². The van der Waals surface area contributed by atoms with Gasteiger partial charge in [0.2, 0.25) is 5.82 Å². The van der Waals surface area contributed by atoms with Crippen LogP contribution in [-0.4, -0.2) is 26.7 Å². The van der Waals surface area contributed by atoms with E-state index in [1.54, 1.807) is 0 Å². The number of hydrogen-bond donors (Lipinski definition) is 2. The highest BCUT2D eigenvalue weighted by atomic mass is 15.5. The van der Waals surface area contributed by atoms with E-state index >= 15 is 0 Å². The van der Waals surface area contributed by atoms with Crippen molar-refractivity contribution in [2.75, 3.05) is 5.32 Å². The lowest BCUT2D eigenvalue weighted by Gasteiger charge is -2.18. The third kappa shape index (κ3) is 2.20. The van der Waals surface area contributed by atoms with Crippen molar-refractivity contribution >= 4 is 5.69 Å². The zero-order valence-corrected chi connectivity index (χ0v) is 10.4. The molecule has 0 saturated heterocycles. The third-order valence-corrected chi connectivity index (χ3v) is 3.68. The maximum Gasteiger partial charge on any atom is 0.204 e. The van der Waals surface area contributed by atoms with E-state index in [1.807, 2.05) is 12.1 Å². The molecule has 0 bridgehead atoms. The molecule has 2 atom stereocenters. The Morgan fingerprint density at radius 3 is 3.00 bits per heavy atom. The molecule has 2 aromatic rings. The fourth-order valence-electron chi connectivity index (χ4n) is 2.61. The molecule has 2 unspecified atom stereocenters. The van der Waals surface area contributed by atoms with Crippen molar-refractivity contribution in [1.29, 1.82) is 0 Å². The van der Waals surface area contributed by atoms with E-state index in [2.05, 4.69) is 45.0 Å². The smallest absolute Gasteiger partial charge is 0.204 e. The van der Waals surface area contributed by atoms with Crippen LogP contribution in [0.25, 0.3) is 11.4 Å². The molecule has 1 saturated carbocycles. The van der Waals surface area contributed by atoms with E-state index in [0.29, 0.717) is 11.9 Å². The van der Waals surface area contributed by atoms with Crippen LogP contribution < -0.4 is 5.32 Å². The number of anilines is 1. The zero-order chi connectivity index (χ0) is 12.4. The molecular formula is C13H17N5. The summed E-state index contributed by atoms with van der Waals surface area (Å²) in [7, 11) is 0. The average Bonchev–Trinajstić information content (AvgIpc) is 3.02. The van der Waals surface area contributed by atoms with Crippen molar-refractivity contribution in [3.8, 4) is 11.4 Å². The number of aromatic nitrogens is 4. The summed E-state index contributed by atoms with van der Waals surface area (Å²) in [6, 6.07) is 8.78. The Kier molecular flexibility index (Phi) is 2.96. The summed E-state index contributed by atoms with van der Waals surface area (Å²) < 4.78 is 0. The fourth-order valence-corrected chi connectivity index (χ4v) is 2.61. The summed E-state index contributed by atoms with van der Waals surface area (Å²) in [5.74, 6) is 1.39. The van der Waals surface area contributed by atoms with E-state index in [0.717, 1.165) is 17.2 Å². The number of H-pyrrole nitrogens is 1. The lowest BCUT2D eigenvalue weighted by atomic mass is 10.1. The summed E-state index contributed by atoms with van der Waals surface area (Å²) in [6.45, 7) is 2.31. The summed E-state index contributed by atoms with van der Waals surface area (Å²) >= 11 is 0. The van der Waals surface area contributed by atoms with Gasteiger partial charge in [-0.05, 0) is 36.1 Å². The topological polar surface area (TPSA) is 66.5 Å². The molecule has 0 radical (unpaired) electrons. The van der Waals surface area contributed by atoms with Crippen molar-refractivity contribution in [2.45, 2.75) is 32.2 Å². The minimum Gasteiger partial charge on any atom is -0.382 e. The molecule has 5 nitrogen and oxygen atoms in total. The molecule has 1 fully saturated rings. The first-order chi connectivity index (χ1) is 8.83. The van der Waals surface area contributed by atoms with Crippen LogP contribution >= 0.6 is 0 Å². The minimum absolute atomic E-state index is 0.588. The van der Waals surface area contributed by atoms with Crippen LogP contribution in [0.3, 0.4) is 0 Å². The third-order valence-electron chi connectivity index (χ3n) is 3.68. The summed E-state index contributed by atoms with van der Waals surface area (Å²) in [5, 5.41) is 17.7. The maximum atomic E-state index is 4.00. The second kappa shape index (κ2) is 4.76. The molecule has 94 valence electrons. The average molecular weight is 243 g/mol. The minimum atomic E-state index is 0.588. The van der Waals surface area contributed by atoms with Gasteiger partial charge in [0.15, 0.2) is 0 Å². The lowest BCUT2D eigenvalue weighted by molar-refractivity contribution is 0.556. The van der Waals surface area contributed by atoms with E-state index in [4.69, 9.17) is 0 Å². The number of nitrogens with zero attached hydrogens (tertiary/aromatic N) is 3. The van der Waals surface area contributed by atoms with Crippen LogP contribution in [0.5, 0.6) is 0 Å². The van der Waals surface area contributed by atoms with E-state index in [-0.39, 0.29) is 0 Å². The van der Waals surface area contributed by atoms with Crippen molar-refractivity contribution in [2.24, 2.45) is 5.92 Å². The predicted molar refractivity (Wildman–Crippen MR) is 70.0 cm³/mol. The Balaban J connectivity index is 1.79. The van der Waals surface area contributed by atoms with Gasteiger partial charge in [-0.3, -0.25) is 0 Å². The first kappa shape index (κ1) is 11.2. The zero-order valence-electron chi connectivity index (χ0n) is 10.4. The molecule has 1 aliphatic carbocycles. The molecular weight excluding hydrogens is 226 g/mol. The van der Waals surface area contributed by atoms with Crippen molar-refractivity contribution in [3.63, 3.8) is 0 Å². The largest absolute Gasteiger partial charge is 0.382 e. The molecule has 1 aliphatic rings. The standard InChI is InChI=1S/C13H17N5/c1-9-4-2-7-12(9)14-11-6-3-5-10(8-11)13-15-17-18-16-13/h3,5-6,8-9,12,14H,2,4,7H2,1H3,(H,15,16,17,18). The summed E-state index contributed by atoms with van der Waals surface area (Å²) in [4.78, 5) is 0.